The fraction of sp³-hybridized carbons (Fsp3) is 0.550. The molecule has 2 aromatic rings. The highest BCUT2D eigenvalue weighted by atomic mass is 32.2. The number of aryl methyl sites for hydroxylation is 1. The topological polar surface area (TPSA) is 71.8 Å². The van der Waals surface area contributed by atoms with Crippen molar-refractivity contribution in [3.8, 4) is 5.69 Å². The molecule has 2 N–H and O–H groups in total. The molecule has 1 saturated heterocycles. The van der Waals surface area contributed by atoms with Crippen LogP contribution in [0.2, 0.25) is 0 Å². The van der Waals surface area contributed by atoms with Gasteiger partial charge in [-0.05, 0) is 59.6 Å². The van der Waals surface area contributed by atoms with E-state index in [4.69, 9.17) is 0 Å². The van der Waals surface area contributed by atoms with Gasteiger partial charge in [0.15, 0.2) is 5.16 Å². The predicted molar refractivity (Wildman–Crippen MR) is 109 cm³/mol. The number of nitrogens with one attached hydrogen (secondary N) is 2. The second-order valence-electron chi connectivity index (χ2n) is 8.55. The largest absolute Gasteiger partial charge is 0.353 e. The number of carbonyl (C=O) groups excluding carboxylic acids is 1. The van der Waals surface area contributed by atoms with Gasteiger partial charge in [0.25, 0.3) is 0 Å². The van der Waals surface area contributed by atoms with E-state index in [2.05, 4.69) is 48.5 Å². The van der Waals surface area contributed by atoms with Crippen LogP contribution in [-0.2, 0) is 4.79 Å². The summed E-state index contributed by atoms with van der Waals surface area (Å²) in [6.07, 6.45) is 1.85. The molecule has 0 bridgehead atoms. The van der Waals surface area contributed by atoms with Gasteiger partial charge < -0.3 is 10.6 Å². The summed E-state index contributed by atoms with van der Waals surface area (Å²) in [6, 6.07) is 10.1. The van der Waals surface area contributed by atoms with E-state index in [0.29, 0.717) is 5.75 Å². The van der Waals surface area contributed by atoms with E-state index < -0.39 is 0 Å². The number of piperidine rings is 1. The quantitative estimate of drug-likeness (QED) is 0.772. The normalized spacial score (nSPS) is 19.0. The van der Waals surface area contributed by atoms with Gasteiger partial charge in [-0.3, -0.25) is 9.36 Å². The highest BCUT2D eigenvalue weighted by molar-refractivity contribution is 7.99. The van der Waals surface area contributed by atoms with E-state index in [9.17, 15) is 4.79 Å². The molecule has 27 heavy (non-hydrogen) atoms. The molecule has 6 nitrogen and oxygen atoms in total. The van der Waals surface area contributed by atoms with Crippen LogP contribution in [0.3, 0.4) is 0 Å². The van der Waals surface area contributed by atoms with Crippen molar-refractivity contribution in [2.24, 2.45) is 0 Å². The number of thioether (sulfide) groups is 1. The zero-order valence-corrected chi connectivity index (χ0v) is 17.6. The number of benzene rings is 1. The molecule has 3 rings (SSSR count). The van der Waals surface area contributed by atoms with Gasteiger partial charge in [0, 0.05) is 22.8 Å². The maximum absolute atomic E-state index is 12.6. The van der Waals surface area contributed by atoms with E-state index >= 15 is 0 Å². The number of hydrogen-bond donors (Lipinski definition) is 2. The van der Waals surface area contributed by atoms with Crippen LogP contribution < -0.4 is 10.6 Å². The third-order valence-electron chi connectivity index (χ3n) is 4.70. The Morgan fingerprint density at radius 2 is 1.81 bits per heavy atom. The monoisotopic (exact) mass is 387 g/mol. The van der Waals surface area contributed by atoms with E-state index in [0.717, 1.165) is 29.5 Å². The van der Waals surface area contributed by atoms with Crippen molar-refractivity contribution in [1.29, 1.82) is 0 Å². The molecule has 1 aromatic heterocycles. The van der Waals surface area contributed by atoms with Crippen LogP contribution in [-0.4, -0.2) is 43.5 Å². The smallest absolute Gasteiger partial charge is 0.230 e. The molecule has 1 fully saturated rings. The highest BCUT2D eigenvalue weighted by Crippen LogP contribution is 2.29. The van der Waals surface area contributed by atoms with Crippen molar-refractivity contribution in [3.05, 3.63) is 36.2 Å². The minimum absolute atomic E-state index is 0.0113. The number of para-hydroxylation sites is 1. The fourth-order valence-electron chi connectivity index (χ4n) is 4.13. The minimum Gasteiger partial charge on any atom is -0.353 e. The standard InChI is InChI=1S/C20H29N5OS/c1-14-22-23-18(25(14)16-9-7-6-8-10-16)27-13-17(26)21-15-11-19(2,3)24-20(4,5)12-15/h6-10,15,24H,11-13H2,1-5H3,(H,21,26). The Morgan fingerprint density at radius 1 is 1.19 bits per heavy atom. The average Bonchev–Trinajstić information content (AvgIpc) is 2.91. The molecule has 0 aliphatic carbocycles. The fourth-order valence-corrected chi connectivity index (χ4v) is 4.94. The maximum Gasteiger partial charge on any atom is 0.230 e. The third kappa shape index (κ3) is 5.11. The summed E-state index contributed by atoms with van der Waals surface area (Å²) in [7, 11) is 0. The first-order valence-corrected chi connectivity index (χ1v) is 10.3. The Balaban J connectivity index is 1.62. The van der Waals surface area contributed by atoms with Gasteiger partial charge in [-0.15, -0.1) is 10.2 Å². The molecule has 0 spiro atoms. The molecule has 0 saturated carbocycles. The van der Waals surface area contributed by atoms with Gasteiger partial charge in [0.05, 0.1) is 5.75 Å². The molecule has 2 heterocycles. The zero-order valence-electron chi connectivity index (χ0n) is 16.7. The molecule has 146 valence electrons. The van der Waals surface area contributed by atoms with Crippen molar-refractivity contribution in [2.75, 3.05) is 5.75 Å². The van der Waals surface area contributed by atoms with Gasteiger partial charge in [-0.1, -0.05) is 30.0 Å². The van der Waals surface area contributed by atoms with Crippen molar-refractivity contribution in [2.45, 2.75) is 69.7 Å². The summed E-state index contributed by atoms with van der Waals surface area (Å²) in [5.74, 6) is 1.18. The Kier molecular flexibility index (Phi) is 5.63. The van der Waals surface area contributed by atoms with Crippen molar-refractivity contribution < 1.29 is 4.79 Å². The second-order valence-corrected chi connectivity index (χ2v) is 9.50. The van der Waals surface area contributed by atoms with Crippen molar-refractivity contribution in [1.82, 2.24) is 25.4 Å². The van der Waals surface area contributed by atoms with E-state index in [1.807, 2.05) is 41.8 Å². The second kappa shape index (κ2) is 7.64. The number of rotatable bonds is 5. The molecule has 0 atom stereocenters. The Labute approximate surface area is 165 Å². The number of aromatic nitrogens is 3. The molecule has 1 aliphatic heterocycles. The van der Waals surface area contributed by atoms with Gasteiger partial charge in [0.2, 0.25) is 5.91 Å². The lowest BCUT2D eigenvalue weighted by atomic mass is 9.79. The van der Waals surface area contributed by atoms with Gasteiger partial charge >= 0.3 is 0 Å². The number of carbonyl (C=O) groups is 1. The van der Waals surface area contributed by atoms with Gasteiger partial charge in [-0.2, -0.15) is 0 Å². The summed E-state index contributed by atoms with van der Waals surface area (Å²) in [5, 5.41) is 16.0. The number of amides is 1. The Morgan fingerprint density at radius 3 is 2.44 bits per heavy atom. The van der Waals surface area contributed by atoms with Crippen LogP contribution in [0.25, 0.3) is 5.69 Å². The molecular weight excluding hydrogens is 358 g/mol. The van der Waals surface area contributed by atoms with E-state index in [-0.39, 0.29) is 23.0 Å². The highest BCUT2D eigenvalue weighted by Gasteiger charge is 2.38. The lowest BCUT2D eigenvalue weighted by Gasteiger charge is -2.46. The van der Waals surface area contributed by atoms with Crippen LogP contribution in [0.4, 0.5) is 0 Å². The first-order valence-electron chi connectivity index (χ1n) is 9.34. The summed E-state index contributed by atoms with van der Waals surface area (Å²) in [6.45, 7) is 10.7. The van der Waals surface area contributed by atoms with E-state index in [1.165, 1.54) is 11.8 Å². The van der Waals surface area contributed by atoms with Crippen molar-refractivity contribution in [3.63, 3.8) is 0 Å². The van der Waals surface area contributed by atoms with Crippen LogP contribution in [0.1, 0.15) is 46.4 Å². The summed E-state index contributed by atoms with van der Waals surface area (Å²) in [4.78, 5) is 12.6. The minimum atomic E-state index is 0.0113. The van der Waals surface area contributed by atoms with Crippen LogP contribution in [0, 0.1) is 6.92 Å². The predicted octanol–water partition coefficient (Wildman–Crippen LogP) is 3.09. The SMILES string of the molecule is Cc1nnc(SCC(=O)NC2CC(C)(C)NC(C)(C)C2)n1-c1ccccc1. The lowest BCUT2D eigenvalue weighted by molar-refractivity contribution is -0.119. The molecule has 1 amide bonds. The molecule has 0 unspecified atom stereocenters. The average molecular weight is 388 g/mol. The summed E-state index contributed by atoms with van der Waals surface area (Å²) >= 11 is 1.42. The van der Waals surface area contributed by atoms with Crippen molar-refractivity contribution >= 4 is 17.7 Å². The number of nitrogens with zero attached hydrogens (tertiary/aromatic N) is 3. The first-order chi connectivity index (χ1) is 12.7. The van der Waals surface area contributed by atoms with Crippen LogP contribution in [0.15, 0.2) is 35.5 Å². The Bertz CT molecular complexity index is 784. The number of hydrogen-bond acceptors (Lipinski definition) is 5. The summed E-state index contributed by atoms with van der Waals surface area (Å²) in [5.41, 5.74) is 1.03. The Hall–Kier alpha value is -1.86. The van der Waals surface area contributed by atoms with Crippen LogP contribution >= 0.6 is 11.8 Å². The maximum atomic E-state index is 12.6. The van der Waals surface area contributed by atoms with Gasteiger partial charge in [-0.25, -0.2) is 0 Å². The first kappa shape index (κ1) is 19.9. The lowest BCUT2D eigenvalue weighted by Crippen LogP contribution is -2.62. The summed E-state index contributed by atoms with van der Waals surface area (Å²) < 4.78 is 1.98. The van der Waals surface area contributed by atoms with Gasteiger partial charge in [0.1, 0.15) is 5.82 Å². The molecular formula is C20H29N5OS. The molecule has 7 heteroatoms. The molecule has 1 aromatic carbocycles. The zero-order chi connectivity index (χ0) is 19.7. The third-order valence-corrected chi connectivity index (χ3v) is 5.63. The molecule has 1 aliphatic rings. The van der Waals surface area contributed by atoms with E-state index in [1.54, 1.807) is 0 Å². The molecule has 0 radical (unpaired) electrons. The van der Waals surface area contributed by atoms with Crippen LogP contribution in [0.5, 0.6) is 0 Å².